The summed E-state index contributed by atoms with van der Waals surface area (Å²) < 4.78 is 0. The number of nitrogens with one attached hydrogen (secondary N) is 1. The van der Waals surface area contributed by atoms with E-state index in [0.717, 1.165) is 38.8 Å². The summed E-state index contributed by atoms with van der Waals surface area (Å²) in [5, 5.41) is 3.66. The van der Waals surface area contributed by atoms with E-state index < -0.39 is 0 Å². The maximum atomic E-state index is 11.9. The quantitative estimate of drug-likeness (QED) is 0.737. The molecule has 104 valence electrons. The number of hydrogen-bond acceptors (Lipinski definition) is 2. The molecule has 0 aromatic heterocycles. The van der Waals surface area contributed by atoms with Crippen molar-refractivity contribution in [2.45, 2.75) is 58.5 Å². The third kappa shape index (κ3) is 4.81. The third-order valence-electron chi connectivity index (χ3n) is 3.62. The molecular weight excluding hydrogens is 224 g/mol. The van der Waals surface area contributed by atoms with E-state index in [1.165, 1.54) is 0 Å². The maximum absolute atomic E-state index is 11.9. The smallest absolute Gasteiger partial charge is 0.225 e. The monoisotopic (exact) mass is 252 g/mol. The zero-order valence-electron chi connectivity index (χ0n) is 12.1. The molecule has 0 spiro atoms. The van der Waals surface area contributed by atoms with Crippen molar-refractivity contribution in [1.29, 1.82) is 0 Å². The minimum Gasteiger partial charge on any atom is -0.342 e. The van der Waals surface area contributed by atoms with Gasteiger partial charge in [-0.2, -0.15) is 0 Å². The van der Waals surface area contributed by atoms with Crippen LogP contribution >= 0.6 is 0 Å². The molecule has 0 aromatic rings. The molecule has 1 N–H and O–H groups in total. The van der Waals surface area contributed by atoms with Crippen molar-refractivity contribution in [2.75, 3.05) is 13.1 Å². The summed E-state index contributed by atoms with van der Waals surface area (Å²) in [6, 6.07) is 1.11. The molecule has 1 unspecified atom stereocenters. The molecule has 0 radical (unpaired) electrons. The summed E-state index contributed by atoms with van der Waals surface area (Å²) in [5.41, 5.74) is 0. The van der Waals surface area contributed by atoms with Crippen molar-refractivity contribution >= 4 is 5.91 Å². The molecule has 1 fully saturated rings. The fourth-order valence-electron chi connectivity index (χ4n) is 2.49. The van der Waals surface area contributed by atoms with Gasteiger partial charge >= 0.3 is 0 Å². The van der Waals surface area contributed by atoms with Crippen LogP contribution in [-0.2, 0) is 4.79 Å². The fourth-order valence-corrected chi connectivity index (χ4v) is 2.49. The summed E-state index contributed by atoms with van der Waals surface area (Å²) >= 11 is 0. The molecule has 3 heteroatoms. The molecule has 0 aliphatic carbocycles. The lowest BCUT2D eigenvalue weighted by molar-refractivity contribution is -0.135. The van der Waals surface area contributed by atoms with Gasteiger partial charge in [-0.15, -0.1) is 6.58 Å². The molecule has 1 saturated heterocycles. The average Bonchev–Trinajstić information content (AvgIpc) is 2.36. The number of carbonyl (C=O) groups excluding carboxylic acids is 1. The van der Waals surface area contributed by atoms with E-state index in [0.29, 0.717) is 18.0 Å². The minimum atomic E-state index is 0.126. The highest BCUT2D eigenvalue weighted by atomic mass is 16.2. The van der Waals surface area contributed by atoms with Gasteiger partial charge in [0, 0.05) is 31.1 Å². The summed E-state index contributed by atoms with van der Waals surface area (Å²) in [4.78, 5) is 13.9. The van der Waals surface area contributed by atoms with Crippen molar-refractivity contribution in [3.05, 3.63) is 12.7 Å². The summed E-state index contributed by atoms with van der Waals surface area (Å²) in [7, 11) is 0. The second kappa shape index (κ2) is 7.57. The van der Waals surface area contributed by atoms with Gasteiger partial charge in [-0.1, -0.05) is 19.9 Å². The number of carbonyl (C=O) groups is 1. The lowest BCUT2D eigenvalue weighted by atomic mass is 10.0. The lowest BCUT2D eigenvalue weighted by Gasteiger charge is -2.34. The van der Waals surface area contributed by atoms with Gasteiger partial charge in [-0.25, -0.2) is 0 Å². The van der Waals surface area contributed by atoms with Crippen LogP contribution in [0.15, 0.2) is 12.7 Å². The Kier molecular flexibility index (Phi) is 6.41. The first-order valence-electron chi connectivity index (χ1n) is 7.20. The molecule has 3 nitrogen and oxygen atoms in total. The van der Waals surface area contributed by atoms with Gasteiger partial charge in [0.1, 0.15) is 0 Å². The predicted molar refractivity (Wildman–Crippen MR) is 76.5 cm³/mol. The Labute approximate surface area is 112 Å². The SMILES string of the molecule is C=CCCC(C)NC1CCN(C(=O)C(C)C)CC1. The van der Waals surface area contributed by atoms with E-state index in [1.54, 1.807) is 0 Å². The van der Waals surface area contributed by atoms with Crippen LogP contribution in [-0.4, -0.2) is 36.0 Å². The van der Waals surface area contributed by atoms with Crippen LogP contribution in [0, 0.1) is 5.92 Å². The van der Waals surface area contributed by atoms with Crippen molar-refractivity contribution in [3.63, 3.8) is 0 Å². The van der Waals surface area contributed by atoms with Gasteiger partial charge in [0.15, 0.2) is 0 Å². The number of hydrogen-bond donors (Lipinski definition) is 1. The van der Waals surface area contributed by atoms with Crippen LogP contribution in [0.2, 0.25) is 0 Å². The van der Waals surface area contributed by atoms with E-state index >= 15 is 0 Å². The van der Waals surface area contributed by atoms with E-state index in [-0.39, 0.29) is 5.92 Å². The minimum absolute atomic E-state index is 0.126. The Hall–Kier alpha value is -0.830. The first-order valence-corrected chi connectivity index (χ1v) is 7.20. The highest BCUT2D eigenvalue weighted by Gasteiger charge is 2.24. The summed E-state index contributed by atoms with van der Waals surface area (Å²) in [6.07, 6.45) is 6.35. The van der Waals surface area contributed by atoms with E-state index in [2.05, 4.69) is 18.8 Å². The molecule has 0 saturated carbocycles. The predicted octanol–water partition coefficient (Wildman–Crippen LogP) is 2.58. The number of rotatable bonds is 6. The number of likely N-dealkylation sites (tertiary alicyclic amines) is 1. The summed E-state index contributed by atoms with van der Waals surface area (Å²) in [5.74, 6) is 0.425. The fraction of sp³-hybridized carbons (Fsp3) is 0.800. The van der Waals surface area contributed by atoms with Crippen molar-refractivity contribution < 1.29 is 4.79 Å². The third-order valence-corrected chi connectivity index (χ3v) is 3.62. The van der Waals surface area contributed by atoms with Gasteiger partial charge in [0.25, 0.3) is 0 Å². The molecule has 1 amide bonds. The first kappa shape index (κ1) is 15.2. The van der Waals surface area contributed by atoms with E-state index in [4.69, 9.17) is 0 Å². The highest BCUT2D eigenvalue weighted by molar-refractivity contribution is 5.78. The normalized spacial score (nSPS) is 19.0. The maximum Gasteiger partial charge on any atom is 0.225 e. The molecule has 1 rings (SSSR count). The van der Waals surface area contributed by atoms with E-state index in [9.17, 15) is 4.79 Å². The first-order chi connectivity index (χ1) is 8.54. The number of allylic oxidation sites excluding steroid dienone is 1. The van der Waals surface area contributed by atoms with Crippen molar-refractivity contribution in [2.24, 2.45) is 5.92 Å². The zero-order chi connectivity index (χ0) is 13.5. The Bertz CT molecular complexity index is 268. The Morgan fingerprint density at radius 2 is 2.00 bits per heavy atom. The molecule has 18 heavy (non-hydrogen) atoms. The Balaban J connectivity index is 2.26. The topological polar surface area (TPSA) is 32.3 Å². The van der Waals surface area contributed by atoms with Crippen molar-refractivity contribution in [3.8, 4) is 0 Å². The lowest BCUT2D eigenvalue weighted by Crippen LogP contribution is -2.48. The Morgan fingerprint density at radius 1 is 1.39 bits per heavy atom. The van der Waals surface area contributed by atoms with E-state index in [1.807, 2.05) is 24.8 Å². The van der Waals surface area contributed by atoms with Gasteiger partial charge in [0.05, 0.1) is 0 Å². The number of piperidine rings is 1. The van der Waals surface area contributed by atoms with Crippen LogP contribution in [0.3, 0.4) is 0 Å². The zero-order valence-corrected chi connectivity index (χ0v) is 12.1. The van der Waals surface area contributed by atoms with Crippen LogP contribution in [0.4, 0.5) is 0 Å². The molecule has 0 bridgehead atoms. The van der Waals surface area contributed by atoms with Gasteiger partial charge < -0.3 is 10.2 Å². The van der Waals surface area contributed by atoms with Crippen LogP contribution in [0.1, 0.15) is 46.5 Å². The molecule has 1 heterocycles. The van der Waals surface area contributed by atoms with Crippen LogP contribution in [0.25, 0.3) is 0 Å². The number of nitrogens with zero attached hydrogens (tertiary/aromatic N) is 1. The molecule has 1 aliphatic rings. The van der Waals surface area contributed by atoms with Crippen LogP contribution < -0.4 is 5.32 Å². The van der Waals surface area contributed by atoms with Crippen LogP contribution in [0.5, 0.6) is 0 Å². The van der Waals surface area contributed by atoms with Gasteiger partial charge in [-0.05, 0) is 32.6 Å². The molecular formula is C15H28N2O. The molecule has 1 aliphatic heterocycles. The highest BCUT2D eigenvalue weighted by Crippen LogP contribution is 2.14. The Morgan fingerprint density at radius 3 is 2.50 bits per heavy atom. The second-order valence-corrected chi connectivity index (χ2v) is 5.69. The largest absolute Gasteiger partial charge is 0.342 e. The van der Waals surface area contributed by atoms with Gasteiger partial charge in [-0.3, -0.25) is 4.79 Å². The molecule has 0 aromatic carbocycles. The standard InChI is InChI=1S/C15H28N2O/c1-5-6-7-13(4)16-14-8-10-17(11-9-14)15(18)12(2)3/h5,12-14,16H,1,6-11H2,2-4H3. The number of amides is 1. The summed E-state index contributed by atoms with van der Waals surface area (Å²) in [6.45, 7) is 11.7. The second-order valence-electron chi connectivity index (χ2n) is 5.69. The van der Waals surface area contributed by atoms with Gasteiger partial charge in [0.2, 0.25) is 5.91 Å². The average molecular weight is 252 g/mol. The van der Waals surface area contributed by atoms with Crippen molar-refractivity contribution in [1.82, 2.24) is 10.2 Å². The molecule has 1 atom stereocenters.